The van der Waals surface area contributed by atoms with E-state index in [-0.39, 0.29) is 6.54 Å². The fourth-order valence-corrected chi connectivity index (χ4v) is 2.32. The van der Waals surface area contributed by atoms with Gasteiger partial charge in [0.1, 0.15) is 11.5 Å². The SMILES string of the molecule is C=C(NCc1ccc(F)c(F)c1)c1cc(C(=C)OC)n2nccc2n1. The normalized spacial score (nSPS) is 10.7. The van der Waals surface area contributed by atoms with Crippen LogP contribution in [0.5, 0.6) is 0 Å². The molecule has 0 spiro atoms. The molecule has 5 nitrogen and oxygen atoms in total. The predicted octanol–water partition coefficient (Wildman–Crippen LogP) is 3.39. The van der Waals surface area contributed by atoms with Crippen molar-refractivity contribution in [2.75, 3.05) is 7.11 Å². The molecule has 128 valence electrons. The number of ether oxygens (including phenoxy) is 1. The molecule has 3 aromatic rings. The zero-order valence-corrected chi connectivity index (χ0v) is 13.6. The number of nitrogens with one attached hydrogen (secondary N) is 1. The van der Waals surface area contributed by atoms with Gasteiger partial charge in [-0.25, -0.2) is 18.3 Å². The minimum atomic E-state index is -0.887. The van der Waals surface area contributed by atoms with Gasteiger partial charge in [-0.1, -0.05) is 19.2 Å². The van der Waals surface area contributed by atoms with Gasteiger partial charge in [-0.2, -0.15) is 5.10 Å². The van der Waals surface area contributed by atoms with Crippen LogP contribution in [0.4, 0.5) is 8.78 Å². The lowest BCUT2D eigenvalue weighted by molar-refractivity contribution is 0.368. The lowest BCUT2D eigenvalue weighted by Crippen LogP contribution is -2.13. The van der Waals surface area contributed by atoms with E-state index in [2.05, 4.69) is 28.6 Å². The molecule has 25 heavy (non-hydrogen) atoms. The molecule has 2 aromatic heterocycles. The van der Waals surface area contributed by atoms with Crippen LogP contribution in [-0.2, 0) is 11.3 Å². The third-order valence-corrected chi connectivity index (χ3v) is 3.69. The van der Waals surface area contributed by atoms with Gasteiger partial charge in [-0.05, 0) is 23.8 Å². The molecule has 2 heterocycles. The van der Waals surface area contributed by atoms with Crippen LogP contribution >= 0.6 is 0 Å². The van der Waals surface area contributed by atoms with Gasteiger partial charge < -0.3 is 10.1 Å². The quantitative estimate of drug-likeness (QED) is 0.698. The van der Waals surface area contributed by atoms with Gasteiger partial charge >= 0.3 is 0 Å². The summed E-state index contributed by atoms with van der Waals surface area (Å²) in [5.41, 5.74) is 2.94. The van der Waals surface area contributed by atoms with Crippen molar-refractivity contribution in [3.05, 3.63) is 78.3 Å². The monoisotopic (exact) mass is 342 g/mol. The number of aromatic nitrogens is 3. The number of fused-ring (bicyclic) bond motifs is 1. The smallest absolute Gasteiger partial charge is 0.159 e. The summed E-state index contributed by atoms with van der Waals surface area (Å²) in [5, 5.41) is 7.24. The van der Waals surface area contributed by atoms with Gasteiger partial charge in [0.05, 0.1) is 24.7 Å². The third-order valence-electron chi connectivity index (χ3n) is 3.69. The molecule has 0 aliphatic carbocycles. The molecule has 1 N–H and O–H groups in total. The Kier molecular flexibility index (Phi) is 4.47. The number of benzene rings is 1. The highest BCUT2D eigenvalue weighted by Gasteiger charge is 2.12. The van der Waals surface area contributed by atoms with E-state index in [9.17, 15) is 8.78 Å². The standard InChI is InChI=1S/C18H16F2N4O/c1-11(21-10-13-4-5-14(19)15(20)8-13)16-9-17(12(2)25-3)24-18(23-16)6-7-22-24/h4-9,21H,1-2,10H2,3H3. The zero-order valence-electron chi connectivity index (χ0n) is 13.6. The summed E-state index contributed by atoms with van der Waals surface area (Å²) in [6, 6.07) is 7.23. The van der Waals surface area contributed by atoms with Crippen molar-refractivity contribution >= 4 is 17.1 Å². The van der Waals surface area contributed by atoms with Crippen molar-refractivity contribution in [2.45, 2.75) is 6.54 Å². The van der Waals surface area contributed by atoms with Gasteiger partial charge in [-0.3, -0.25) is 0 Å². The van der Waals surface area contributed by atoms with Gasteiger partial charge in [0, 0.05) is 12.6 Å². The van der Waals surface area contributed by atoms with Crippen molar-refractivity contribution in [1.29, 1.82) is 0 Å². The molecule has 0 saturated carbocycles. The van der Waals surface area contributed by atoms with E-state index in [1.165, 1.54) is 13.2 Å². The fourth-order valence-electron chi connectivity index (χ4n) is 2.32. The summed E-state index contributed by atoms with van der Waals surface area (Å²) in [6.45, 7) is 8.08. The molecular formula is C18H16F2N4O. The maximum absolute atomic E-state index is 13.3. The summed E-state index contributed by atoms with van der Waals surface area (Å²) in [7, 11) is 1.52. The first kappa shape index (κ1) is 16.6. The highest BCUT2D eigenvalue weighted by molar-refractivity contribution is 5.66. The fraction of sp³-hybridized carbons (Fsp3) is 0.111. The first-order valence-corrected chi connectivity index (χ1v) is 7.44. The van der Waals surface area contributed by atoms with Crippen LogP contribution in [0, 0.1) is 11.6 Å². The minimum Gasteiger partial charge on any atom is -0.495 e. The molecule has 0 amide bonds. The van der Waals surface area contributed by atoms with Gasteiger partial charge in [0.2, 0.25) is 0 Å². The summed E-state index contributed by atoms with van der Waals surface area (Å²) in [5.74, 6) is -1.33. The third kappa shape index (κ3) is 3.35. The number of nitrogens with zero attached hydrogens (tertiary/aromatic N) is 3. The Hall–Kier alpha value is -3.22. The molecule has 0 bridgehead atoms. The Morgan fingerprint density at radius 3 is 2.72 bits per heavy atom. The maximum atomic E-state index is 13.3. The van der Waals surface area contributed by atoms with E-state index in [0.717, 1.165) is 12.1 Å². The van der Waals surface area contributed by atoms with Crippen LogP contribution in [0.2, 0.25) is 0 Å². The average Bonchev–Trinajstić information content (AvgIpc) is 3.09. The summed E-state index contributed by atoms with van der Waals surface area (Å²) < 4.78 is 33.1. The van der Waals surface area contributed by atoms with E-state index >= 15 is 0 Å². The van der Waals surface area contributed by atoms with Crippen LogP contribution in [0.25, 0.3) is 17.1 Å². The van der Waals surface area contributed by atoms with Crippen molar-refractivity contribution in [1.82, 2.24) is 19.9 Å². The minimum absolute atomic E-state index is 0.280. The Morgan fingerprint density at radius 1 is 1.20 bits per heavy atom. The van der Waals surface area contributed by atoms with Gasteiger partial charge in [0.15, 0.2) is 17.3 Å². The zero-order chi connectivity index (χ0) is 18.0. The molecule has 7 heteroatoms. The Labute approximate surface area is 143 Å². The summed E-state index contributed by atoms with van der Waals surface area (Å²) in [4.78, 5) is 4.46. The lowest BCUT2D eigenvalue weighted by Gasteiger charge is -2.13. The van der Waals surface area contributed by atoms with E-state index < -0.39 is 11.6 Å². The van der Waals surface area contributed by atoms with Crippen LogP contribution in [0.15, 0.2) is 49.7 Å². The van der Waals surface area contributed by atoms with Crippen molar-refractivity contribution in [3.63, 3.8) is 0 Å². The number of methoxy groups -OCH3 is 1. The number of rotatable bonds is 6. The molecule has 1 aromatic carbocycles. The maximum Gasteiger partial charge on any atom is 0.159 e. The molecular weight excluding hydrogens is 326 g/mol. The highest BCUT2D eigenvalue weighted by atomic mass is 19.2. The van der Waals surface area contributed by atoms with Gasteiger partial charge in [-0.15, -0.1) is 0 Å². The number of hydrogen-bond donors (Lipinski definition) is 1. The molecule has 0 aliphatic heterocycles. The van der Waals surface area contributed by atoms with Crippen LogP contribution in [0.1, 0.15) is 17.0 Å². The number of hydrogen-bond acceptors (Lipinski definition) is 4. The first-order chi connectivity index (χ1) is 12.0. The topological polar surface area (TPSA) is 51.5 Å². The highest BCUT2D eigenvalue weighted by Crippen LogP contribution is 2.19. The molecule has 0 aliphatic rings. The second-order valence-corrected chi connectivity index (χ2v) is 5.34. The van der Waals surface area contributed by atoms with Crippen molar-refractivity contribution < 1.29 is 13.5 Å². The number of halogens is 2. The van der Waals surface area contributed by atoms with Crippen LogP contribution in [0.3, 0.4) is 0 Å². The lowest BCUT2D eigenvalue weighted by atomic mass is 10.2. The molecule has 0 fully saturated rings. The Balaban J connectivity index is 1.84. The Morgan fingerprint density at radius 2 is 2.00 bits per heavy atom. The molecule has 3 rings (SSSR count). The Bertz CT molecular complexity index is 965. The van der Waals surface area contributed by atoms with Crippen molar-refractivity contribution in [2.24, 2.45) is 0 Å². The largest absolute Gasteiger partial charge is 0.495 e. The summed E-state index contributed by atoms with van der Waals surface area (Å²) >= 11 is 0. The van der Waals surface area contributed by atoms with Gasteiger partial charge in [0.25, 0.3) is 0 Å². The average molecular weight is 342 g/mol. The predicted molar refractivity (Wildman–Crippen MR) is 91.3 cm³/mol. The van der Waals surface area contributed by atoms with Crippen LogP contribution in [-0.4, -0.2) is 21.7 Å². The first-order valence-electron chi connectivity index (χ1n) is 7.44. The van der Waals surface area contributed by atoms with E-state index in [1.807, 2.05) is 0 Å². The van der Waals surface area contributed by atoms with E-state index in [4.69, 9.17) is 4.74 Å². The van der Waals surface area contributed by atoms with Crippen LogP contribution < -0.4 is 5.32 Å². The van der Waals surface area contributed by atoms with Crippen molar-refractivity contribution in [3.8, 4) is 0 Å². The second-order valence-electron chi connectivity index (χ2n) is 5.34. The molecule has 0 unspecified atom stereocenters. The molecule has 0 radical (unpaired) electrons. The second kappa shape index (κ2) is 6.72. The summed E-state index contributed by atoms with van der Waals surface area (Å²) in [6.07, 6.45) is 1.62. The molecule has 0 atom stereocenters. The molecule has 0 saturated heterocycles. The van der Waals surface area contributed by atoms with E-state index in [1.54, 1.807) is 22.8 Å². The van der Waals surface area contributed by atoms with E-state index in [0.29, 0.717) is 34.1 Å².